The number of hydrogen-bond donors (Lipinski definition) is 12. The number of guanidine groups is 1. The van der Waals surface area contributed by atoms with Gasteiger partial charge in [0.2, 0.25) is 35.4 Å². The molecular formula is C38H62N10O11. The zero-order valence-electron chi connectivity index (χ0n) is 34.4. The predicted octanol–water partition coefficient (Wildman–Crippen LogP) is -2.43. The van der Waals surface area contributed by atoms with E-state index in [2.05, 4.69) is 36.9 Å². The second-order valence-electron chi connectivity index (χ2n) is 15.0. The first kappa shape index (κ1) is 51.2. The van der Waals surface area contributed by atoms with Crippen molar-refractivity contribution in [2.24, 2.45) is 34.0 Å². The molecule has 0 fully saturated rings. The van der Waals surface area contributed by atoms with Gasteiger partial charge in [-0.3, -0.25) is 43.3 Å². The largest absolute Gasteiger partial charge is 0.481 e. The van der Waals surface area contributed by atoms with Gasteiger partial charge >= 0.3 is 11.9 Å². The first-order valence-electron chi connectivity index (χ1n) is 19.3. The fourth-order valence-corrected chi connectivity index (χ4v) is 5.57. The first-order valence-corrected chi connectivity index (χ1v) is 19.3. The van der Waals surface area contributed by atoms with E-state index in [1.165, 1.54) is 13.8 Å². The number of carbonyl (C=O) groups excluding carboxylic acids is 6. The molecule has 0 aliphatic rings. The first-order chi connectivity index (χ1) is 27.5. The number of aliphatic hydroxyl groups is 1. The third-order valence-electron chi connectivity index (χ3n) is 8.88. The minimum atomic E-state index is -1.66. The van der Waals surface area contributed by atoms with Crippen LogP contribution in [-0.2, 0) is 44.8 Å². The minimum Gasteiger partial charge on any atom is -0.481 e. The molecule has 1 aromatic rings. The number of carboxylic acids is 2. The number of aliphatic carboxylic acids is 2. The van der Waals surface area contributed by atoms with Crippen LogP contribution in [-0.4, -0.2) is 124 Å². The quantitative estimate of drug-likeness (QED) is 0.0263. The number of hydrogen-bond acceptors (Lipinski definition) is 11. The third kappa shape index (κ3) is 19.4. The molecule has 0 aliphatic carbocycles. The molecule has 330 valence electrons. The van der Waals surface area contributed by atoms with Crippen molar-refractivity contribution < 1.29 is 53.7 Å². The van der Waals surface area contributed by atoms with Gasteiger partial charge in [-0.15, -0.1) is 0 Å². The SMILES string of the molecule is CC(C)C[C@H](NC(=O)[C@H](CCC(=O)O)NC(=O)[C@@H](NC(=O)[C@@H](NC(=O)[C@H](Cc1ccccc1)NC(=O)[C@@H](N)CCCN=C(N)N)[C@@H](C)O)C(C)C)C(=O)N[C@@H](C)C(=O)O. The normalized spacial score (nSPS) is 15.2. The Hall–Kier alpha value is -5.83. The number of aliphatic imine (C=N–C) groups is 1. The molecule has 0 aliphatic heterocycles. The van der Waals surface area contributed by atoms with Gasteiger partial charge < -0.3 is 64.4 Å². The Morgan fingerprint density at radius 1 is 0.661 bits per heavy atom. The van der Waals surface area contributed by atoms with E-state index in [0.29, 0.717) is 12.0 Å². The summed E-state index contributed by atoms with van der Waals surface area (Å²) in [7, 11) is 0. The van der Waals surface area contributed by atoms with Gasteiger partial charge in [-0.1, -0.05) is 58.0 Å². The lowest BCUT2D eigenvalue weighted by atomic mass is 9.99. The zero-order chi connectivity index (χ0) is 45.0. The van der Waals surface area contributed by atoms with Gasteiger partial charge in [0.25, 0.3) is 0 Å². The molecule has 8 atom stereocenters. The highest BCUT2D eigenvalue weighted by Gasteiger charge is 2.36. The summed E-state index contributed by atoms with van der Waals surface area (Å²) < 4.78 is 0. The van der Waals surface area contributed by atoms with E-state index >= 15 is 0 Å². The number of nitrogens with two attached hydrogens (primary N) is 3. The van der Waals surface area contributed by atoms with Gasteiger partial charge in [-0.2, -0.15) is 0 Å². The number of nitrogens with one attached hydrogen (secondary N) is 6. The molecule has 0 aromatic heterocycles. The van der Waals surface area contributed by atoms with Crippen LogP contribution in [0.1, 0.15) is 79.2 Å². The summed E-state index contributed by atoms with van der Waals surface area (Å²) in [6.07, 6.45) is -1.93. The van der Waals surface area contributed by atoms with Gasteiger partial charge in [-0.25, -0.2) is 0 Å². The molecule has 1 rings (SSSR count). The maximum Gasteiger partial charge on any atom is 0.325 e. The summed E-state index contributed by atoms with van der Waals surface area (Å²) in [5.74, 6) is -8.75. The number of nitrogens with zero attached hydrogens (tertiary/aromatic N) is 1. The van der Waals surface area contributed by atoms with E-state index in [0.717, 1.165) is 0 Å². The smallest absolute Gasteiger partial charge is 0.325 e. The van der Waals surface area contributed by atoms with E-state index in [9.17, 15) is 53.7 Å². The maximum atomic E-state index is 13.7. The monoisotopic (exact) mass is 834 g/mol. The average molecular weight is 835 g/mol. The second-order valence-corrected chi connectivity index (χ2v) is 15.0. The molecule has 59 heavy (non-hydrogen) atoms. The molecule has 0 radical (unpaired) electrons. The molecule has 0 heterocycles. The Morgan fingerprint density at radius 2 is 1.19 bits per heavy atom. The molecule has 0 unspecified atom stereocenters. The Morgan fingerprint density at radius 3 is 1.71 bits per heavy atom. The lowest BCUT2D eigenvalue weighted by Crippen LogP contribution is -2.62. The molecule has 21 heteroatoms. The van der Waals surface area contributed by atoms with Gasteiger partial charge in [-0.05, 0) is 56.9 Å². The fourth-order valence-electron chi connectivity index (χ4n) is 5.57. The average Bonchev–Trinajstić information content (AvgIpc) is 3.14. The van der Waals surface area contributed by atoms with E-state index in [1.807, 2.05) is 0 Å². The van der Waals surface area contributed by atoms with Crippen molar-refractivity contribution in [3.8, 4) is 0 Å². The Labute approximate surface area is 343 Å². The standard InChI is InChI=1S/C38H62N10O11/c1-19(2)17-26(33(54)43-21(5)37(58)59)46-32(53)25(14-15-28(50)51)44-35(56)29(20(3)4)47-36(57)30(22(6)49)48-34(55)27(18-23-11-8-7-9-12-23)45-31(52)24(39)13-10-16-42-38(40)41/h7-9,11-12,19-22,24-27,29-30,49H,10,13-18,39H2,1-6H3,(H,43,54)(H,44,56)(H,45,52)(H,46,53)(H,47,57)(H,48,55)(H,50,51)(H,58,59)(H4,40,41,42)/t21-,22+,24-,25-,26-,27-,29-,30-/m0/s1. The number of benzene rings is 1. The van der Waals surface area contributed by atoms with Crippen molar-refractivity contribution in [1.29, 1.82) is 0 Å². The summed E-state index contributed by atoms with van der Waals surface area (Å²) >= 11 is 0. The van der Waals surface area contributed by atoms with Crippen LogP contribution in [0, 0.1) is 11.8 Å². The van der Waals surface area contributed by atoms with Gasteiger partial charge in [0.05, 0.1) is 12.1 Å². The van der Waals surface area contributed by atoms with Crippen molar-refractivity contribution in [3.63, 3.8) is 0 Å². The highest BCUT2D eigenvalue weighted by molar-refractivity contribution is 5.97. The number of aliphatic hydroxyl groups excluding tert-OH is 1. The summed E-state index contributed by atoms with van der Waals surface area (Å²) in [6.45, 7) is 9.31. The molecule has 15 N–H and O–H groups in total. The molecule has 1 aromatic carbocycles. The van der Waals surface area contributed by atoms with Crippen LogP contribution < -0.4 is 49.1 Å². The lowest BCUT2D eigenvalue weighted by Gasteiger charge is -2.29. The molecule has 0 spiro atoms. The Kier molecular flexibility index (Phi) is 22.1. The van der Waals surface area contributed by atoms with Crippen molar-refractivity contribution in [1.82, 2.24) is 31.9 Å². The summed E-state index contributed by atoms with van der Waals surface area (Å²) in [5.41, 5.74) is 17.4. The van der Waals surface area contributed by atoms with Gasteiger partial charge in [0.15, 0.2) is 5.96 Å². The fraction of sp³-hybridized carbons (Fsp3) is 0.605. The lowest BCUT2D eigenvalue weighted by molar-refractivity contribution is -0.142. The van der Waals surface area contributed by atoms with Crippen molar-refractivity contribution in [3.05, 3.63) is 35.9 Å². The molecule has 21 nitrogen and oxygen atoms in total. The van der Waals surface area contributed by atoms with E-state index < -0.39 is 115 Å². The second kappa shape index (κ2) is 25.5. The zero-order valence-corrected chi connectivity index (χ0v) is 34.4. The van der Waals surface area contributed by atoms with Crippen LogP contribution in [0.4, 0.5) is 0 Å². The third-order valence-corrected chi connectivity index (χ3v) is 8.88. The number of carbonyl (C=O) groups is 8. The molecule has 6 amide bonds. The molecule has 0 bridgehead atoms. The van der Waals surface area contributed by atoms with E-state index in [-0.39, 0.29) is 37.7 Å². The van der Waals surface area contributed by atoms with Crippen LogP contribution in [0.5, 0.6) is 0 Å². The summed E-state index contributed by atoms with van der Waals surface area (Å²) in [4.78, 5) is 107. The maximum absolute atomic E-state index is 13.7. The number of carboxylic acid groups (broad SMARTS) is 2. The van der Waals surface area contributed by atoms with Crippen LogP contribution >= 0.6 is 0 Å². The molecule has 0 saturated carbocycles. The van der Waals surface area contributed by atoms with Crippen molar-refractivity contribution in [2.75, 3.05) is 6.54 Å². The van der Waals surface area contributed by atoms with Crippen LogP contribution in [0.3, 0.4) is 0 Å². The Bertz CT molecular complexity index is 1620. The van der Waals surface area contributed by atoms with Crippen molar-refractivity contribution >= 4 is 53.3 Å². The van der Waals surface area contributed by atoms with Crippen molar-refractivity contribution in [2.45, 2.75) is 128 Å². The van der Waals surface area contributed by atoms with Crippen LogP contribution in [0.25, 0.3) is 0 Å². The topological polar surface area (TPSA) is 360 Å². The van der Waals surface area contributed by atoms with Gasteiger partial charge in [0.1, 0.15) is 36.3 Å². The highest BCUT2D eigenvalue weighted by Crippen LogP contribution is 2.11. The molecular weight excluding hydrogens is 772 g/mol. The summed E-state index contributed by atoms with van der Waals surface area (Å²) in [6, 6.07) is -0.779. The minimum absolute atomic E-state index is 0.0254. The van der Waals surface area contributed by atoms with E-state index in [1.54, 1.807) is 58.0 Å². The highest BCUT2D eigenvalue weighted by atomic mass is 16.4. The Balaban J connectivity index is 3.28. The predicted molar refractivity (Wildman–Crippen MR) is 216 cm³/mol. The van der Waals surface area contributed by atoms with E-state index in [4.69, 9.17) is 17.2 Å². The van der Waals surface area contributed by atoms with Gasteiger partial charge in [0, 0.05) is 19.4 Å². The molecule has 0 saturated heterocycles. The number of rotatable bonds is 26. The summed E-state index contributed by atoms with van der Waals surface area (Å²) in [5, 5.41) is 44.0. The van der Waals surface area contributed by atoms with Crippen LogP contribution in [0.2, 0.25) is 0 Å². The number of amides is 6. The van der Waals surface area contributed by atoms with Crippen LogP contribution in [0.15, 0.2) is 35.3 Å².